The number of nitrogens with zero attached hydrogens (tertiary/aromatic N) is 1. The van der Waals surface area contributed by atoms with Crippen molar-refractivity contribution in [2.24, 2.45) is 0 Å². The van der Waals surface area contributed by atoms with Crippen LogP contribution in [0, 0.1) is 0 Å². The predicted octanol–water partition coefficient (Wildman–Crippen LogP) is 10.5. The highest BCUT2D eigenvalue weighted by molar-refractivity contribution is 6.04. The molecule has 0 radical (unpaired) electrons. The minimum atomic E-state index is -0.0886. The zero-order chi connectivity index (χ0) is 27.6. The summed E-state index contributed by atoms with van der Waals surface area (Å²) in [4.78, 5) is 5.33. The number of hydrogen-bond donors (Lipinski definition) is 1. The fourth-order valence-electron chi connectivity index (χ4n) is 5.79. The van der Waals surface area contributed by atoms with Crippen LogP contribution in [0.5, 0.6) is 0 Å². The normalized spacial score (nSPS) is 12.3. The summed E-state index contributed by atoms with van der Waals surface area (Å²) in [6.45, 7) is 9.08. The van der Waals surface area contributed by atoms with E-state index in [0.29, 0.717) is 11.8 Å². The maximum atomic E-state index is 5.33. The number of hydrogen-bond acceptors (Lipinski definition) is 2. The van der Waals surface area contributed by atoms with Crippen LogP contribution in [0.1, 0.15) is 68.0 Å². The Morgan fingerprint density at radius 2 is 1.15 bits per heavy atom. The number of pyridine rings is 1. The Morgan fingerprint density at radius 1 is 0.550 bits per heavy atom. The summed E-state index contributed by atoms with van der Waals surface area (Å²) in [6.07, 6.45) is 0. The Hall–Kier alpha value is -4.43. The van der Waals surface area contributed by atoms with E-state index in [2.05, 4.69) is 154 Å². The van der Waals surface area contributed by atoms with Gasteiger partial charge in [0.25, 0.3) is 0 Å². The minimum Gasteiger partial charge on any atom is -0.372 e. The zero-order valence-electron chi connectivity index (χ0n) is 23.7. The van der Waals surface area contributed by atoms with E-state index in [1.807, 2.05) is 0 Å². The lowest BCUT2D eigenvalue weighted by molar-refractivity contribution is 0.814. The molecule has 6 aromatic rings. The Kier molecular flexibility index (Phi) is 7.09. The summed E-state index contributed by atoms with van der Waals surface area (Å²) in [7, 11) is 0. The average Bonchev–Trinajstić information content (AvgIpc) is 2.98. The molecule has 0 bridgehead atoms. The van der Waals surface area contributed by atoms with Crippen LogP contribution in [-0.2, 0) is 0 Å². The van der Waals surface area contributed by atoms with Gasteiger partial charge in [-0.25, -0.2) is 0 Å². The second-order valence-corrected chi connectivity index (χ2v) is 11.3. The van der Waals surface area contributed by atoms with Crippen molar-refractivity contribution in [3.05, 3.63) is 144 Å². The van der Waals surface area contributed by atoms with Crippen LogP contribution < -0.4 is 5.32 Å². The maximum Gasteiger partial charge on any atom is 0.0940 e. The van der Waals surface area contributed by atoms with Gasteiger partial charge < -0.3 is 5.32 Å². The summed E-state index contributed by atoms with van der Waals surface area (Å²) < 4.78 is 0. The highest BCUT2D eigenvalue weighted by Gasteiger charge is 2.21. The SMILES string of the molecule is CC(C)c1cccc(C(C)C)c1NC(c1ccccc1)c1cccc(-c2cccc3cc4ccccc4cc23)n1. The Morgan fingerprint density at radius 3 is 1.85 bits per heavy atom. The summed E-state index contributed by atoms with van der Waals surface area (Å²) in [5.74, 6) is 0.810. The van der Waals surface area contributed by atoms with Gasteiger partial charge in [0.1, 0.15) is 0 Å². The van der Waals surface area contributed by atoms with Crippen molar-refractivity contribution in [2.45, 2.75) is 45.6 Å². The first kappa shape index (κ1) is 25.8. The molecule has 1 N–H and O–H groups in total. The van der Waals surface area contributed by atoms with Gasteiger partial charge in [0.15, 0.2) is 0 Å². The van der Waals surface area contributed by atoms with Crippen molar-refractivity contribution < 1.29 is 0 Å². The number of rotatable bonds is 7. The third kappa shape index (κ3) is 4.98. The van der Waals surface area contributed by atoms with Crippen molar-refractivity contribution in [3.63, 3.8) is 0 Å². The van der Waals surface area contributed by atoms with Gasteiger partial charge in [-0.3, -0.25) is 4.98 Å². The molecule has 0 aliphatic carbocycles. The first-order valence-electron chi connectivity index (χ1n) is 14.3. The van der Waals surface area contributed by atoms with Crippen molar-refractivity contribution in [1.29, 1.82) is 0 Å². The van der Waals surface area contributed by atoms with E-state index in [1.165, 1.54) is 43.9 Å². The second-order valence-electron chi connectivity index (χ2n) is 11.3. The molecule has 0 spiro atoms. The molecule has 0 amide bonds. The number of para-hydroxylation sites is 1. The molecule has 1 atom stereocenters. The second kappa shape index (κ2) is 11.0. The van der Waals surface area contributed by atoms with Crippen LogP contribution in [0.2, 0.25) is 0 Å². The largest absolute Gasteiger partial charge is 0.372 e. The first-order valence-corrected chi connectivity index (χ1v) is 14.3. The van der Waals surface area contributed by atoms with Crippen LogP contribution in [0.3, 0.4) is 0 Å². The summed E-state index contributed by atoms with van der Waals surface area (Å²) in [5.41, 5.74) is 8.25. The van der Waals surface area contributed by atoms with Gasteiger partial charge in [-0.05, 0) is 74.3 Å². The number of anilines is 1. The van der Waals surface area contributed by atoms with Crippen LogP contribution in [0.15, 0.2) is 121 Å². The van der Waals surface area contributed by atoms with Gasteiger partial charge in [-0.15, -0.1) is 0 Å². The lowest BCUT2D eigenvalue weighted by atomic mass is 9.91. The van der Waals surface area contributed by atoms with E-state index in [4.69, 9.17) is 4.98 Å². The number of fused-ring (bicyclic) bond motifs is 2. The van der Waals surface area contributed by atoms with Gasteiger partial charge in [0.2, 0.25) is 0 Å². The molecule has 0 aliphatic heterocycles. The lowest BCUT2D eigenvalue weighted by Gasteiger charge is -2.27. The van der Waals surface area contributed by atoms with Crippen LogP contribution in [0.4, 0.5) is 5.69 Å². The predicted molar refractivity (Wildman–Crippen MR) is 171 cm³/mol. The molecule has 1 aromatic heterocycles. The fourth-order valence-corrected chi connectivity index (χ4v) is 5.79. The highest BCUT2D eigenvalue weighted by atomic mass is 15.0. The third-order valence-electron chi connectivity index (χ3n) is 7.88. The molecule has 0 saturated carbocycles. The quantitative estimate of drug-likeness (QED) is 0.212. The van der Waals surface area contributed by atoms with Gasteiger partial charge in [0, 0.05) is 11.3 Å². The van der Waals surface area contributed by atoms with E-state index in [-0.39, 0.29) is 6.04 Å². The summed E-state index contributed by atoms with van der Waals surface area (Å²) >= 11 is 0. The minimum absolute atomic E-state index is 0.0886. The van der Waals surface area contributed by atoms with Crippen molar-refractivity contribution >= 4 is 27.2 Å². The first-order chi connectivity index (χ1) is 19.5. The molecule has 1 unspecified atom stereocenters. The molecule has 0 saturated heterocycles. The highest BCUT2D eigenvalue weighted by Crippen LogP contribution is 2.37. The third-order valence-corrected chi connectivity index (χ3v) is 7.88. The van der Waals surface area contributed by atoms with Crippen molar-refractivity contribution in [1.82, 2.24) is 4.98 Å². The molecule has 0 fully saturated rings. The van der Waals surface area contributed by atoms with Crippen LogP contribution >= 0.6 is 0 Å². The van der Waals surface area contributed by atoms with Crippen molar-refractivity contribution in [3.8, 4) is 11.3 Å². The molecule has 5 aromatic carbocycles. The standard InChI is InChI=1S/C38H36N2/c1-25(2)31-18-11-19-32(26(3)4)38(31)40-37(27-13-6-5-7-14-27)36-22-12-21-35(39-36)33-20-10-17-30-23-28-15-8-9-16-29(28)24-34(30)33/h5-26,37,40H,1-4H3. The van der Waals surface area contributed by atoms with E-state index in [9.17, 15) is 0 Å². The van der Waals surface area contributed by atoms with Gasteiger partial charge in [0.05, 0.1) is 17.4 Å². The number of benzene rings is 5. The topological polar surface area (TPSA) is 24.9 Å². The van der Waals surface area contributed by atoms with Crippen LogP contribution in [0.25, 0.3) is 32.8 Å². The van der Waals surface area contributed by atoms with E-state index >= 15 is 0 Å². The molecule has 40 heavy (non-hydrogen) atoms. The average molecular weight is 521 g/mol. The fraction of sp³-hybridized carbons (Fsp3) is 0.184. The van der Waals surface area contributed by atoms with Gasteiger partial charge >= 0.3 is 0 Å². The molecule has 1 heterocycles. The van der Waals surface area contributed by atoms with Gasteiger partial charge in [-0.1, -0.05) is 125 Å². The smallest absolute Gasteiger partial charge is 0.0940 e. The maximum absolute atomic E-state index is 5.33. The molecular formula is C38H36N2. The Bertz CT molecular complexity index is 1760. The summed E-state index contributed by atoms with van der Waals surface area (Å²) in [6, 6.07) is 43.4. The molecule has 2 nitrogen and oxygen atoms in total. The van der Waals surface area contributed by atoms with E-state index in [0.717, 1.165) is 17.0 Å². The molecule has 198 valence electrons. The molecular weight excluding hydrogens is 484 g/mol. The lowest BCUT2D eigenvalue weighted by Crippen LogP contribution is -2.17. The summed E-state index contributed by atoms with van der Waals surface area (Å²) in [5, 5.41) is 8.94. The van der Waals surface area contributed by atoms with Gasteiger partial charge in [-0.2, -0.15) is 0 Å². The van der Waals surface area contributed by atoms with Crippen molar-refractivity contribution in [2.75, 3.05) is 5.32 Å². The Balaban J connectivity index is 1.50. The number of nitrogens with one attached hydrogen (secondary N) is 1. The Labute approximate surface area is 237 Å². The monoisotopic (exact) mass is 520 g/mol. The zero-order valence-corrected chi connectivity index (χ0v) is 23.7. The van der Waals surface area contributed by atoms with Crippen LogP contribution in [-0.4, -0.2) is 4.98 Å². The van der Waals surface area contributed by atoms with E-state index < -0.39 is 0 Å². The molecule has 2 heteroatoms. The molecule has 6 rings (SSSR count). The number of aromatic nitrogens is 1. The van der Waals surface area contributed by atoms with E-state index in [1.54, 1.807) is 0 Å². The molecule has 0 aliphatic rings.